The fourth-order valence-corrected chi connectivity index (χ4v) is 5.89. The van der Waals surface area contributed by atoms with Gasteiger partial charge in [-0.25, -0.2) is 0 Å². The third kappa shape index (κ3) is 80.4. The second-order valence-electron chi connectivity index (χ2n) is 16.9. The maximum absolute atomic E-state index is 10.4. The predicted octanol–water partition coefficient (Wildman–Crippen LogP) is 0.486. The molecule has 0 aliphatic heterocycles. The van der Waals surface area contributed by atoms with Crippen LogP contribution in [0, 0.1) is 0 Å². The van der Waals surface area contributed by atoms with Gasteiger partial charge in [-0.15, -0.1) is 0 Å². The number of carboxylic acids is 1. The lowest BCUT2D eigenvalue weighted by Gasteiger charge is -2.09. The van der Waals surface area contributed by atoms with Crippen LogP contribution in [0.3, 0.4) is 0 Å². The normalized spacial score (nSPS) is 11.7. The lowest BCUT2D eigenvalue weighted by Crippen LogP contribution is -2.16. The van der Waals surface area contributed by atoms with Gasteiger partial charge in [0, 0.05) is 6.61 Å². The smallest absolute Gasteiger partial charge is 0.305 e. The molecule has 2 N–H and O–H groups in total. The van der Waals surface area contributed by atoms with Crippen LogP contribution in [0.5, 0.6) is 0 Å². The van der Waals surface area contributed by atoms with Gasteiger partial charge in [0.15, 0.2) is 0 Å². The first-order chi connectivity index (χ1) is 41.3. The number of nitrogens with one attached hydrogen (secondary N) is 1. The molecule has 0 aliphatic carbocycles. The van der Waals surface area contributed by atoms with Crippen molar-refractivity contribution in [2.75, 3.05) is 344 Å². The third-order valence-electron chi connectivity index (χ3n) is 10.1. The zero-order chi connectivity index (χ0) is 59.4. The van der Waals surface area contributed by atoms with Crippen LogP contribution in [-0.2, 0) is 123 Å². The van der Waals surface area contributed by atoms with E-state index in [0.29, 0.717) is 317 Å². The van der Waals surface area contributed by atoms with E-state index in [1.165, 1.54) is 0 Å². The quantitative estimate of drug-likeness (QED) is 0.0784. The van der Waals surface area contributed by atoms with Crippen LogP contribution < -0.4 is 5.32 Å². The van der Waals surface area contributed by atoms with E-state index in [4.69, 9.17) is 124 Å². The molecule has 0 rings (SSSR count). The summed E-state index contributed by atoms with van der Waals surface area (Å²) in [6.45, 7) is 25.2. The zero-order valence-electron chi connectivity index (χ0n) is 50.5. The van der Waals surface area contributed by atoms with Crippen LogP contribution in [0.1, 0.15) is 12.8 Å². The molecule has 0 amide bonds. The van der Waals surface area contributed by atoms with Crippen molar-refractivity contribution in [2.45, 2.75) is 12.8 Å². The van der Waals surface area contributed by atoms with E-state index in [0.717, 1.165) is 19.6 Å². The Morgan fingerprint density at radius 2 is 0.313 bits per heavy atom. The first-order valence-electron chi connectivity index (χ1n) is 29.6. The molecule has 28 heteroatoms. The Kier molecular flexibility index (Phi) is 77.0. The fourth-order valence-electron chi connectivity index (χ4n) is 5.89. The Labute approximate surface area is 495 Å². The fraction of sp³-hybridized carbons (Fsp3) is 0.982. The molecule has 28 nitrogen and oxygen atoms in total. The van der Waals surface area contributed by atoms with E-state index in [-0.39, 0.29) is 13.0 Å². The molecule has 0 atom stereocenters. The van der Waals surface area contributed by atoms with Crippen molar-refractivity contribution in [3.63, 3.8) is 0 Å². The van der Waals surface area contributed by atoms with E-state index in [1.807, 2.05) is 7.05 Å². The molecule has 0 saturated carbocycles. The number of hydrogen-bond acceptors (Lipinski definition) is 27. The topological polar surface area (TPSA) is 280 Å². The van der Waals surface area contributed by atoms with Crippen LogP contribution in [0.15, 0.2) is 0 Å². The molecule has 0 radical (unpaired) electrons. The van der Waals surface area contributed by atoms with Crippen molar-refractivity contribution < 1.29 is 128 Å². The van der Waals surface area contributed by atoms with E-state index < -0.39 is 5.97 Å². The van der Waals surface area contributed by atoms with Crippen molar-refractivity contribution in [3.8, 4) is 0 Å². The van der Waals surface area contributed by atoms with Crippen molar-refractivity contribution in [1.29, 1.82) is 0 Å². The molecule has 498 valence electrons. The highest BCUT2D eigenvalue weighted by Crippen LogP contribution is 1.92. The minimum absolute atomic E-state index is 0.00984. The average Bonchev–Trinajstić information content (AvgIpc) is 3.48. The van der Waals surface area contributed by atoms with Gasteiger partial charge >= 0.3 is 5.97 Å². The number of aliphatic carboxylic acids is 1. The molecule has 0 spiro atoms. The number of carboxylic acid groups (broad SMARTS) is 1. The largest absolute Gasteiger partial charge is 0.481 e. The summed E-state index contributed by atoms with van der Waals surface area (Å²) >= 11 is 0. The van der Waals surface area contributed by atoms with Crippen molar-refractivity contribution in [1.82, 2.24) is 5.32 Å². The minimum atomic E-state index is -0.880. The van der Waals surface area contributed by atoms with Crippen LogP contribution >= 0.6 is 0 Å². The SMILES string of the molecule is CNCCCOCCOCCOCCOCCOCCOCCOCCOCCOCCOCCOCCOCCOCCOCCOCCOCCOCCOCCOCCOCCOCCOCCOCCOCCOCCC(=O)O. The van der Waals surface area contributed by atoms with Gasteiger partial charge in [0.1, 0.15) is 0 Å². The summed E-state index contributed by atoms with van der Waals surface area (Å²) in [5.41, 5.74) is 0. The van der Waals surface area contributed by atoms with Crippen LogP contribution in [0.4, 0.5) is 0 Å². The Hall–Kier alpha value is -1.57. The number of carbonyl (C=O) groups is 1. The summed E-state index contributed by atoms with van der Waals surface area (Å²) < 4.78 is 137. The maximum Gasteiger partial charge on any atom is 0.305 e. The Morgan fingerprint density at radius 3 is 0.422 bits per heavy atom. The molecule has 0 aliphatic rings. The number of rotatable bonds is 79. The highest BCUT2D eigenvalue weighted by atomic mass is 16.6. The first-order valence-corrected chi connectivity index (χ1v) is 29.6. The van der Waals surface area contributed by atoms with Gasteiger partial charge in [0.2, 0.25) is 0 Å². The van der Waals surface area contributed by atoms with Crippen molar-refractivity contribution >= 4 is 5.97 Å². The summed E-state index contributed by atoms with van der Waals surface area (Å²) in [5, 5.41) is 11.6. The van der Waals surface area contributed by atoms with Gasteiger partial charge in [0.05, 0.1) is 330 Å². The van der Waals surface area contributed by atoms with Crippen molar-refractivity contribution in [3.05, 3.63) is 0 Å². The monoisotopic (exact) mass is 1220 g/mol. The van der Waals surface area contributed by atoms with Crippen LogP contribution in [0.2, 0.25) is 0 Å². The highest BCUT2D eigenvalue weighted by Gasteiger charge is 2.01. The third-order valence-corrected chi connectivity index (χ3v) is 10.1. The molecule has 0 unspecified atom stereocenters. The molecular formula is C55H111NO27. The zero-order valence-corrected chi connectivity index (χ0v) is 50.5. The molecule has 0 aromatic carbocycles. The van der Waals surface area contributed by atoms with E-state index in [2.05, 4.69) is 5.32 Å². The van der Waals surface area contributed by atoms with E-state index in [9.17, 15) is 4.79 Å². The molecule has 0 aromatic rings. The molecule has 0 fully saturated rings. The summed E-state index contributed by atoms with van der Waals surface area (Å²) in [5.74, 6) is -0.880. The Bertz CT molecular complexity index is 1170. The summed E-state index contributed by atoms with van der Waals surface area (Å²) in [6, 6.07) is 0. The summed E-state index contributed by atoms with van der Waals surface area (Å²) in [6.07, 6.45) is 0.989. The molecule has 0 heterocycles. The molecule has 0 aromatic heterocycles. The number of hydrogen-bond donors (Lipinski definition) is 2. The second kappa shape index (κ2) is 78.4. The van der Waals surface area contributed by atoms with Gasteiger partial charge < -0.3 is 129 Å². The molecular weight excluding hydrogens is 1110 g/mol. The molecule has 83 heavy (non-hydrogen) atoms. The number of ether oxygens (including phenoxy) is 25. The second-order valence-corrected chi connectivity index (χ2v) is 16.9. The lowest BCUT2D eigenvalue weighted by atomic mass is 10.4. The van der Waals surface area contributed by atoms with Gasteiger partial charge in [0.25, 0.3) is 0 Å². The average molecular weight is 1220 g/mol. The first kappa shape index (κ1) is 81.4. The van der Waals surface area contributed by atoms with Gasteiger partial charge in [-0.2, -0.15) is 0 Å². The Morgan fingerprint density at radius 1 is 0.205 bits per heavy atom. The van der Waals surface area contributed by atoms with Gasteiger partial charge in [-0.05, 0) is 20.0 Å². The van der Waals surface area contributed by atoms with Gasteiger partial charge in [-0.1, -0.05) is 0 Å². The molecule has 0 saturated heterocycles. The summed E-state index contributed by atoms with van der Waals surface area (Å²) in [7, 11) is 1.93. The summed E-state index contributed by atoms with van der Waals surface area (Å²) in [4.78, 5) is 10.4. The van der Waals surface area contributed by atoms with Crippen LogP contribution in [0.25, 0.3) is 0 Å². The van der Waals surface area contributed by atoms with Crippen molar-refractivity contribution in [2.24, 2.45) is 0 Å². The van der Waals surface area contributed by atoms with E-state index in [1.54, 1.807) is 0 Å². The lowest BCUT2D eigenvalue weighted by molar-refractivity contribution is -0.138. The Balaban J connectivity index is 3.08. The highest BCUT2D eigenvalue weighted by molar-refractivity contribution is 5.66. The maximum atomic E-state index is 10.4. The van der Waals surface area contributed by atoms with E-state index >= 15 is 0 Å². The van der Waals surface area contributed by atoms with Gasteiger partial charge in [-0.3, -0.25) is 4.79 Å². The molecule has 0 bridgehead atoms. The standard InChI is InChI=1S/C55H111NO27/c1-56-4-2-5-59-7-9-61-11-13-63-15-17-65-19-21-67-23-25-69-27-29-71-31-33-73-35-37-75-39-41-77-43-45-79-47-49-81-51-53-83-54-52-82-50-48-80-46-44-78-42-40-76-38-36-74-34-32-72-30-28-70-26-24-68-22-20-66-18-16-64-14-12-62-10-8-60-6-3-55(57)58/h56H,2-54H2,1H3,(H,57,58). The van der Waals surface area contributed by atoms with Crippen LogP contribution in [-0.4, -0.2) is 355 Å². The predicted molar refractivity (Wildman–Crippen MR) is 301 cm³/mol. The minimum Gasteiger partial charge on any atom is -0.481 e.